The van der Waals surface area contributed by atoms with Gasteiger partial charge in [-0.2, -0.15) is 0 Å². The van der Waals surface area contributed by atoms with E-state index >= 15 is 0 Å². The van der Waals surface area contributed by atoms with E-state index < -0.39 is 11.9 Å². The molecule has 7 nitrogen and oxygen atoms in total. The molecule has 0 radical (unpaired) electrons. The number of hydrogen-bond donors (Lipinski definition) is 2. The minimum absolute atomic E-state index is 0.0488. The molecule has 0 aliphatic rings. The first-order valence-corrected chi connectivity index (χ1v) is 10.8. The highest BCUT2D eigenvalue weighted by Gasteiger charge is 2.15. The highest BCUT2D eigenvalue weighted by molar-refractivity contribution is 7.99. The second kappa shape index (κ2) is 10.1. The van der Waals surface area contributed by atoms with Crippen molar-refractivity contribution in [2.24, 2.45) is 0 Å². The molecule has 156 valence electrons. The number of urea groups is 1. The van der Waals surface area contributed by atoms with Crippen LogP contribution >= 0.6 is 11.8 Å². The lowest BCUT2D eigenvalue weighted by Crippen LogP contribution is -2.38. The number of carbonyl (C=O) groups excluding carboxylic acids is 2. The molecule has 2 N–H and O–H groups in total. The summed E-state index contributed by atoms with van der Waals surface area (Å²) in [4.78, 5) is 41.2. The number of rotatable bonds is 7. The van der Waals surface area contributed by atoms with Gasteiger partial charge in [0.05, 0.1) is 22.3 Å². The number of thioether (sulfide) groups is 1. The van der Waals surface area contributed by atoms with E-state index in [4.69, 9.17) is 0 Å². The summed E-state index contributed by atoms with van der Waals surface area (Å²) in [6, 6.07) is 14.4. The fraction of sp³-hybridized carbons (Fsp3) is 0.273. The molecule has 30 heavy (non-hydrogen) atoms. The molecule has 0 unspecified atom stereocenters. The lowest BCUT2D eigenvalue weighted by Gasteiger charge is -2.13. The number of nitrogens with one attached hydrogen (secondary N) is 2. The van der Waals surface area contributed by atoms with Crippen molar-refractivity contribution in [3.8, 4) is 5.69 Å². The summed E-state index contributed by atoms with van der Waals surface area (Å²) in [7, 11) is 1.43. The number of aryl methyl sites for hydroxylation is 1. The van der Waals surface area contributed by atoms with Crippen LogP contribution in [-0.2, 0) is 11.2 Å². The Hall–Kier alpha value is -3.13. The second-order valence-electron chi connectivity index (χ2n) is 6.74. The summed E-state index contributed by atoms with van der Waals surface area (Å²) in [5, 5.41) is 5.45. The maximum atomic E-state index is 13.2. The molecule has 0 bridgehead atoms. The SMILES string of the molecule is CCCCc1ccc(-n2c(SCC(=O)NC(=O)NC)nc3ccccc3c2=O)cc1. The molecule has 3 rings (SSSR count). The number of imide groups is 1. The van der Waals surface area contributed by atoms with Crippen molar-refractivity contribution >= 4 is 34.6 Å². The Morgan fingerprint density at radius 2 is 1.83 bits per heavy atom. The van der Waals surface area contributed by atoms with Gasteiger partial charge in [-0.1, -0.05) is 49.4 Å². The van der Waals surface area contributed by atoms with Gasteiger partial charge in [-0.05, 0) is 42.7 Å². The van der Waals surface area contributed by atoms with Crippen LogP contribution in [0.25, 0.3) is 16.6 Å². The highest BCUT2D eigenvalue weighted by Crippen LogP contribution is 2.22. The Morgan fingerprint density at radius 1 is 1.10 bits per heavy atom. The normalized spacial score (nSPS) is 10.7. The van der Waals surface area contributed by atoms with Crippen LogP contribution in [0.4, 0.5) is 4.79 Å². The van der Waals surface area contributed by atoms with Crippen molar-refractivity contribution < 1.29 is 9.59 Å². The van der Waals surface area contributed by atoms with Crippen LogP contribution in [-0.4, -0.2) is 34.3 Å². The molecule has 0 fully saturated rings. The monoisotopic (exact) mass is 424 g/mol. The number of benzene rings is 2. The molecule has 8 heteroatoms. The molecule has 0 spiro atoms. The van der Waals surface area contributed by atoms with Crippen LogP contribution < -0.4 is 16.2 Å². The van der Waals surface area contributed by atoms with Crippen molar-refractivity contribution in [1.29, 1.82) is 0 Å². The number of nitrogens with zero attached hydrogens (tertiary/aromatic N) is 2. The zero-order chi connectivity index (χ0) is 21.5. The quantitative estimate of drug-likeness (QED) is 0.449. The standard InChI is InChI=1S/C22H24N4O3S/c1-3-4-7-15-10-12-16(13-11-15)26-20(28)17-8-5-6-9-18(17)24-22(26)30-14-19(27)25-21(29)23-2/h5-6,8-13H,3-4,7,14H2,1-2H3,(H2,23,25,27,29). The number of amides is 3. The fourth-order valence-electron chi connectivity index (χ4n) is 2.98. The summed E-state index contributed by atoms with van der Waals surface area (Å²) in [5.74, 6) is -0.518. The van der Waals surface area contributed by atoms with Crippen molar-refractivity contribution in [2.75, 3.05) is 12.8 Å². The third-order valence-electron chi connectivity index (χ3n) is 4.57. The summed E-state index contributed by atoms with van der Waals surface area (Å²) < 4.78 is 1.52. The molecular formula is C22H24N4O3S. The maximum absolute atomic E-state index is 13.2. The Labute approximate surface area is 178 Å². The minimum Gasteiger partial charge on any atom is -0.341 e. The number of aromatic nitrogens is 2. The Bertz CT molecular complexity index is 1110. The van der Waals surface area contributed by atoms with Crippen LogP contribution in [0.2, 0.25) is 0 Å². The van der Waals surface area contributed by atoms with Crippen LogP contribution in [0.1, 0.15) is 25.3 Å². The number of para-hydroxylation sites is 1. The number of unbranched alkanes of at least 4 members (excludes halogenated alkanes) is 1. The van der Waals surface area contributed by atoms with Gasteiger partial charge >= 0.3 is 6.03 Å². The first-order valence-electron chi connectivity index (χ1n) is 9.79. The summed E-state index contributed by atoms with van der Waals surface area (Å²) >= 11 is 1.11. The molecule has 1 heterocycles. The van der Waals surface area contributed by atoms with Gasteiger partial charge in [-0.25, -0.2) is 9.78 Å². The van der Waals surface area contributed by atoms with E-state index in [1.807, 2.05) is 30.3 Å². The third kappa shape index (κ3) is 5.07. The fourth-order valence-corrected chi connectivity index (χ4v) is 3.80. The van der Waals surface area contributed by atoms with Crippen LogP contribution in [0, 0.1) is 0 Å². The van der Waals surface area contributed by atoms with Gasteiger partial charge in [0, 0.05) is 7.05 Å². The lowest BCUT2D eigenvalue weighted by molar-refractivity contribution is -0.117. The third-order valence-corrected chi connectivity index (χ3v) is 5.51. The Kier molecular flexibility index (Phi) is 7.24. The first-order chi connectivity index (χ1) is 14.5. The van der Waals surface area contributed by atoms with Crippen molar-refractivity contribution in [3.05, 3.63) is 64.4 Å². The molecule has 0 aliphatic heterocycles. The topological polar surface area (TPSA) is 93.1 Å². The molecule has 3 amide bonds. The highest BCUT2D eigenvalue weighted by atomic mass is 32.2. The number of hydrogen-bond acceptors (Lipinski definition) is 5. The zero-order valence-corrected chi connectivity index (χ0v) is 17.8. The number of carbonyl (C=O) groups is 2. The summed E-state index contributed by atoms with van der Waals surface area (Å²) in [6.07, 6.45) is 3.22. The molecule has 0 saturated heterocycles. The van der Waals surface area contributed by atoms with Gasteiger partial charge in [-0.15, -0.1) is 0 Å². The van der Waals surface area contributed by atoms with Crippen LogP contribution in [0.5, 0.6) is 0 Å². The van der Waals surface area contributed by atoms with Crippen molar-refractivity contribution in [1.82, 2.24) is 20.2 Å². The second-order valence-corrected chi connectivity index (χ2v) is 7.68. The number of fused-ring (bicyclic) bond motifs is 1. The minimum atomic E-state index is -0.577. The Morgan fingerprint density at radius 3 is 2.53 bits per heavy atom. The largest absolute Gasteiger partial charge is 0.341 e. The smallest absolute Gasteiger partial charge is 0.321 e. The first kappa shape index (κ1) is 21.6. The van der Waals surface area contributed by atoms with Crippen molar-refractivity contribution in [2.45, 2.75) is 31.3 Å². The molecule has 3 aromatic rings. The van der Waals surface area contributed by atoms with Gasteiger partial charge in [0.25, 0.3) is 5.56 Å². The zero-order valence-electron chi connectivity index (χ0n) is 17.0. The van der Waals surface area contributed by atoms with Gasteiger partial charge in [-0.3, -0.25) is 19.5 Å². The van der Waals surface area contributed by atoms with Crippen LogP contribution in [0.3, 0.4) is 0 Å². The van der Waals surface area contributed by atoms with E-state index in [-0.39, 0.29) is 11.3 Å². The van der Waals surface area contributed by atoms with Gasteiger partial charge < -0.3 is 5.32 Å². The molecular weight excluding hydrogens is 400 g/mol. The van der Waals surface area contributed by atoms with Gasteiger partial charge in [0.2, 0.25) is 5.91 Å². The van der Waals surface area contributed by atoms with E-state index in [1.165, 1.54) is 17.2 Å². The van der Waals surface area contributed by atoms with E-state index in [1.54, 1.807) is 18.2 Å². The van der Waals surface area contributed by atoms with Crippen LogP contribution in [0.15, 0.2) is 58.5 Å². The van der Waals surface area contributed by atoms with E-state index in [0.29, 0.717) is 21.7 Å². The molecule has 0 atom stereocenters. The molecule has 2 aromatic carbocycles. The molecule has 0 aliphatic carbocycles. The average Bonchev–Trinajstić information content (AvgIpc) is 2.77. The van der Waals surface area contributed by atoms with Gasteiger partial charge in [0.1, 0.15) is 0 Å². The molecule has 1 aromatic heterocycles. The predicted octanol–water partition coefficient (Wildman–Crippen LogP) is 3.28. The van der Waals surface area contributed by atoms with Crippen molar-refractivity contribution in [3.63, 3.8) is 0 Å². The maximum Gasteiger partial charge on any atom is 0.321 e. The van der Waals surface area contributed by atoms with Gasteiger partial charge in [0.15, 0.2) is 5.16 Å². The molecule has 0 saturated carbocycles. The summed E-state index contributed by atoms with van der Waals surface area (Å²) in [5.41, 5.74) is 2.26. The van der Waals surface area contributed by atoms with E-state index in [0.717, 1.165) is 31.0 Å². The lowest BCUT2D eigenvalue weighted by atomic mass is 10.1. The van der Waals surface area contributed by atoms with E-state index in [2.05, 4.69) is 22.5 Å². The van der Waals surface area contributed by atoms with E-state index in [9.17, 15) is 14.4 Å². The average molecular weight is 425 g/mol. The Balaban J connectivity index is 1.97. The predicted molar refractivity (Wildman–Crippen MR) is 119 cm³/mol. The summed E-state index contributed by atoms with van der Waals surface area (Å²) in [6.45, 7) is 2.15.